The molecule has 3 N–H and O–H groups in total. The van der Waals surface area contributed by atoms with E-state index in [1.54, 1.807) is 0 Å². The second kappa shape index (κ2) is 6.01. The number of rotatable bonds is 3. The maximum Gasteiger partial charge on any atom is 0.332 e. The summed E-state index contributed by atoms with van der Waals surface area (Å²) < 4.78 is 0. The van der Waals surface area contributed by atoms with E-state index in [0.29, 0.717) is 0 Å². The smallest absolute Gasteiger partial charge is 0.332 e. The van der Waals surface area contributed by atoms with Crippen LogP contribution < -0.4 is 11.2 Å². The minimum absolute atomic E-state index is 0.639. The molecule has 0 fully saturated rings. The van der Waals surface area contributed by atoms with Gasteiger partial charge in [-0.15, -0.1) is 0 Å². The molecule has 0 aliphatic heterocycles. The van der Waals surface area contributed by atoms with Gasteiger partial charge in [-0.3, -0.25) is 0 Å². The van der Waals surface area contributed by atoms with Gasteiger partial charge in [0, 0.05) is 0 Å². The average Bonchev–Trinajstić information content (AvgIpc) is 2.25. The predicted molar refractivity (Wildman–Crippen MR) is 61.5 cm³/mol. The highest BCUT2D eigenvalue weighted by molar-refractivity contribution is 5.93. The SMILES string of the molecule is CC(C=CC1=CCCCC1)=NNC(N)=O. The highest BCUT2D eigenvalue weighted by Gasteiger charge is 1.99. The first-order valence-corrected chi connectivity index (χ1v) is 5.15. The van der Waals surface area contributed by atoms with Crippen molar-refractivity contribution in [2.45, 2.75) is 32.6 Å². The van der Waals surface area contributed by atoms with E-state index < -0.39 is 6.03 Å². The van der Waals surface area contributed by atoms with Crippen molar-refractivity contribution in [1.82, 2.24) is 5.43 Å². The molecule has 0 unspecified atom stereocenters. The summed E-state index contributed by atoms with van der Waals surface area (Å²) >= 11 is 0. The molecule has 1 rings (SSSR count). The number of nitrogens with one attached hydrogen (secondary N) is 1. The Bertz CT molecular complexity index is 316. The number of nitrogens with two attached hydrogens (primary N) is 1. The molecule has 0 heterocycles. The summed E-state index contributed by atoms with van der Waals surface area (Å²) in [7, 11) is 0. The van der Waals surface area contributed by atoms with Crippen LogP contribution in [-0.2, 0) is 0 Å². The van der Waals surface area contributed by atoms with Crippen LogP contribution in [0.5, 0.6) is 0 Å². The number of hydrogen-bond donors (Lipinski definition) is 2. The zero-order chi connectivity index (χ0) is 11.1. The van der Waals surface area contributed by atoms with Gasteiger partial charge in [0.05, 0.1) is 5.71 Å². The van der Waals surface area contributed by atoms with E-state index in [0.717, 1.165) is 18.6 Å². The fraction of sp³-hybridized carbons (Fsp3) is 0.455. The molecule has 4 heteroatoms. The van der Waals surface area contributed by atoms with Crippen molar-refractivity contribution in [3.8, 4) is 0 Å². The van der Waals surface area contributed by atoms with Crippen LogP contribution in [0.15, 0.2) is 28.9 Å². The minimum atomic E-state index is -0.639. The average molecular weight is 207 g/mol. The van der Waals surface area contributed by atoms with Crippen LogP contribution in [0.25, 0.3) is 0 Å². The summed E-state index contributed by atoms with van der Waals surface area (Å²) in [5.74, 6) is 0. The third-order valence-electron chi connectivity index (χ3n) is 2.21. The van der Waals surface area contributed by atoms with Crippen molar-refractivity contribution in [3.05, 3.63) is 23.8 Å². The molecule has 0 aromatic heterocycles. The number of hydrazone groups is 1. The molecule has 0 aromatic carbocycles. The molecule has 0 bridgehead atoms. The van der Waals surface area contributed by atoms with Gasteiger partial charge in [0.15, 0.2) is 0 Å². The van der Waals surface area contributed by atoms with Crippen LogP contribution in [-0.4, -0.2) is 11.7 Å². The summed E-state index contributed by atoms with van der Waals surface area (Å²) in [6.07, 6.45) is 11.0. The van der Waals surface area contributed by atoms with Crippen LogP contribution >= 0.6 is 0 Å². The van der Waals surface area contributed by atoms with Gasteiger partial charge in [0.1, 0.15) is 0 Å². The van der Waals surface area contributed by atoms with E-state index in [9.17, 15) is 4.79 Å². The molecule has 0 aromatic rings. The largest absolute Gasteiger partial charge is 0.350 e. The number of urea groups is 1. The molecule has 0 spiro atoms. The number of hydrogen-bond acceptors (Lipinski definition) is 2. The number of carbonyl (C=O) groups is 1. The minimum Gasteiger partial charge on any atom is -0.350 e. The van der Waals surface area contributed by atoms with Crippen molar-refractivity contribution in [1.29, 1.82) is 0 Å². The van der Waals surface area contributed by atoms with E-state index in [1.807, 2.05) is 19.1 Å². The Hall–Kier alpha value is -1.58. The van der Waals surface area contributed by atoms with Crippen molar-refractivity contribution in [2.24, 2.45) is 10.8 Å². The van der Waals surface area contributed by atoms with Gasteiger partial charge in [-0.05, 0) is 38.7 Å². The summed E-state index contributed by atoms with van der Waals surface area (Å²) in [5, 5.41) is 3.79. The number of carbonyl (C=O) groups excluding carboxylic acids is 1. The molecule has 82 valence electrons. The monoisotopic (exact) mass is 207 g/mol. The number of amides is 2. The lowest BCUT2D eigenvalue weighted by Crippen LogP contribution is -2.25. The summed E-state index contributed by atoms with van der Waals surface area (Å²) in [5.41, 5.74) is 9.16. The van der Waals surface area contributed by atoms with Crippen molar-refractivity contribution >= 4 is 11.7 Å². The van der Waals surface area contributed by atoms with E-state index in [4.69, 9.17) is 5.73 Å². The number of nitrogens with zero attached hydrogens (tertiary/aromatic N) is 1. The molecule has 0 saturated carbocycles. The lowest BCUT2D eigenvalue weighted by Gasteiger charge is -2.07. The topological polar surface area (TPSA) is 67.5 Å². The normalized spacial score (nSPS) is 17.7. The first-order chi connectivity index (χ1) is 7.18. The summed E-state index contributed by atoms with van der Waals surface area (Å²) in [6.45, 7) is 1.82. The third kappa shape index (κ3) is 5.00. The zero-order valence-electron chi connectivity index (χ0n) is 8.99. The van der Waals surface area contributed by atoms with Gasteiger partial charge in [0.2, 0.25) is 0 Å². The van der Waals surface area contributed by atoms with Gasteiger partial charge in [0.25, 0.3) is 0 Å². The second-order valence-corrected chi connectivity index (χ2v) is 3.59. The van der Waals surface area contributed by atoms with Gasteiger partial charge < -0.3 is 5.73 Å². The summed E-state index contributed by atoms with van der Waals surface area (Å²) in [6, 6.07) is -0.639. The van der Waals surface area contributed by atoms with E-state index >= 15 is 0 Å². The molecular weight excluding hydrogens is 190 g/mol. The molecule has 4 nitrogen and oxygen atoms in total. The Kier molecular flexibility index (Phi) is 4.60. The molecule has 0 radical (unpaired) electrons. The van der Waals surface area contributed by atoms with Crippen molar-refractivity contribution in [2.75, 3.05) is 0 Å². The van der Waals surface area contributed by atoms with Gasteiger partial charge >= 0.3 is 6.03 Å². The first kappa shape index (κ1) is 11.5. The molecule has 1 aliphatic carbocycles. The van der Waals surface area contributed by atoms with E-state index in [-0.39, 0.29) is 0 Å². The van der Waals surface area contributed by atoms with Gasteiger partial charge in [-0.2, -0.15) is 5.10 Å². The van der Waals surface area contributed by atoms with Gasteiger partial charge in [-0.25, -0.2) is 10.2 Å². The third-order valence-corrected chi connectivity index (χ3v) is 2.21. The highest BCUT2D eigenvalue weighted by Crippen LogP contribution is 2.17. The van der Waals surface area contributed by atoms with Crippen LogP contribution in [0.1, 0.15) is 32.6 Å². The molecule has 15 heavy (non-hydrogen) atoms. The first-order valence-electron chi connectivity index (χ1n) is 5.15. The fourth-order valence-corrected chi connectivity index (χ4v) is 1.42. The van der Waals surface area contributed by atoms with Crippen LogP contribution in [0.4, 0.5) is 4.79 Å². The molecule has 2 amide bonds. The van der Waals surface area contributed by atoms with Crippen LogP contribution in [0.2, 0.25) is 0 Å². The Labute approximate surface area is 89.9 Å². The predicted octanol–water partition coefficient (Wildman–Crippen LogP) is 2.09. The molecule has 0 saturated heterocycles. The Morgan fingerprint density at radius 3 is 3.00 bits per heavy atom. The highest BCUT2D eigenvalue weighted by atomic mass is 16.2. The lowest BCUT2D eigenvalue weighted by atomic mass is 9.99. The maximum absolute atomic E-state index is 10.4. The standard InChI is InChI=1S/C11H17N3O/c1-9(13-14-11(12)15)7-8-10-5-3-2-4-6-10/h5,7-8H,2-4,6H2,1H3,(H3,12,14,15). The second-order valence-electron chi connectivity index (χ2n) is 3.59. The van der Waals surface area contributed by atoms with Crippen molar-refractivity contribution < 1.29 is 4.79 Å². The van der Waals surface area contributed by atoms with Crippen LogP contribution in [0.3, 0.4) is 0 Å². The zero-order valence-corrected chi connectivity index (χ0v) is 8.99. The Morgan fingerprint density at radius 1 is 1.60 bits per heavy atom. The molecule has 1 aliphatic rings. The Morgan fingerprint density at radius 2 is 2.40 bits per heavy atom. The Balaban J connectivity index is 2.45. The van der Waals surface area contributed by atoms with E-state index in [1.165, 1.54) is 18.4 Å². The van der Waals surface area contributed by atoms with Crippen molar-refractivity contribution in [3.63, 3.8) is 0 Å². The maximum atomic E-state index is 10.4. The number of allylic oxidation sites excluding steroid dienone is 4. The number of primary amides is 1. The van der Waals surface area contributed by atoms with E-state index in [2.05, 4.69) is 16.6 Å². The fourth-order valence-electron chi connectivity index (χ4n) is 1.42. The molecular formula is C11H17N3O. The lowest BCUT2D eigenvalue weighted by molar-refractivity contribution is 0.249. The summed E-state index contributed by atoms with van der Waals surface area (Å²) in [4.78, 5) is 10.4. The van der Waals surface area contributed by atoms with Crippen LogP contribution in [0, 0.1) is 0 Å². The quantitative estimate of drug-likeness (QED) is 0.540. The van der Waals surface area contributed by atoms with Gasteiger partial charge in [-0.1, -0.05) is 17.7 Å². The molecule has 0 atom stereocenters.